The first-order valence-corrected chi connectivity index (χ1v) is 6.44. The molecule has 0 atom stereocenters. The summed E-state index contributed by atoms with van der Waals surface area (Å²) in [5.41, 5.74) is 9.59. The first-order valence-electron chi connectivity index (χ1n) is 6.44. The fraction of sp³-hybridized carbons (Fsp3) is 0.0625. The molecule has 0 amide bonds. The molecule has 0 aliphatic rings. The van der Waals surface area contributed by atoms with E-state index in [4.69, 9.17) is 5.73 Å². The predicted octanol–water partition coefficient (Wildman–Crippen LogP) is 3.24. The van der Waals surface area contributed by atoms with E-state index >= 15 is 0 Å². The van der Waals surface area contributed by atoms with Gasteiger partial charge in [0.2, 0.25) is 0 Å². The normalized spacial score (nSPS) is 10.6. The molecule has 0 aliphatic heterocycles. The van der Waals surface area contributed by atoms with Crippen LogP contribution in [0.4, 0.5) is 10.2 Å². The van der Waals surface area contributed by atoms with Gasteiger partial charge in [0.1, 0.15) is 5.82 Å². The smallest absolute Gasteiger partial charge is 0.163 e. The number of hydrogen-bond acceptors (Lipinski definition) is 4. The summed E-state index contributed by atoms with van der Waals surface area (Å²) in [6.07, 6.45) is 3.92. The lowest BCUT2D eigenvalue weighted by atomic mass is 10.0. The molecule has 3 aromatic rings. The van der Waals surface area contributed by atoms with E-state index < -0.39 is 5.82 Å². The molecule has 0 unspecified atom stereocenters. The van der Waals surface area contributed by atoms with E-state index in [-0.39, 0.29) is 0 Å². The molecule has 0 radical (unpaired) electrons. The summed E-state index contributed by atoms with van der Waals surface area (Å²) >= 11 is 0. The average Bonchev–Trinajstić information content (AvgIpc) is 2.50. The van der Waals surface area contributed by atoms with Crippen LogP contribution in [-0.4, -0.2) is 15.0 Å². The van der Waals surface area contributed by atoms with Crippen LogP contribution in [0.5, 0.6) is 0 Å². The fourth-order valence-electron chi connectivity index (χ4n) is 2.01. The van der Waals surface area contributed by atoms with Crippen molar-refractivity contribution in [2.75, 3.05) is 5.73 Å². The monoisotopic (exact) mass is 280 g/mol. The van der Waals surface area contributed by atoms with Crippen LogP contribution in [0.25, 0.3) is 22.5 Å². The Hall–Kier alpha value is -2.82. The minimum absolute atomic E-state index is 0.317. The molecule has 0 aliphatic carbocycles. The summed E-state index contributed by atoms with van der Waals surface area (Å²) in [5, 5.41) is 0. The zero-order chi connectivity index (χ0) is 14.8. The van der Waals surface area contributed by atoms with E-state index in [0.717, 1.165) is 23.5 Å². The molecule has 0 bridgehead atoms. The maximum Gasteiger partial charge on any atom is 0.163 e. The zero-order valence-corrected chi connectivity index (χ0v) is 11.4. The molecule has 2 heterocycles. The summed E-state index contributed by atoms with van der Waals surface area (Å²) in [5.74, 6) is 0.188. The fourth-order valence-corrected chi connectivity index (χ4v) is 2.01. The lowest BCUT2D eigenvalue weighted by Gasteiger charge is -2.07. The Morgan fingerprint density at radius 1 is 0.905 bits per heavy atom. The van der Waals surface area contributed by atoms with Crippen molar-refractivity contribution >= 4 is 5.82 Å². The van der Waals surface area contributed by atoms with Crippen LogP contribution in [-0.2, 0) is 0 Å². The SMILES string of the molecule is Cc1ccc(-c2cnc(N)c(-c3ncc(F)cn3)c2)cc1. The number of halogens is 1. The molecule has 104 valence electrons. The van der Waals surface area contributed by atoms with Crippen LogP contribution in [0, 0.1) is 12.7 Å². The summed E-state index contributed by atoms with van der Waals surface area (Å²) in [7, 11) is 0. The highest BCUT2D eigenvalue weighted by Crippen LogP contribution is 2.27. The standard InChI is InChI=1S/C16H13FN4/c1-10-2-4-11(5-3-10)12-6-14(15(18)19-7-12)16-20-8-13(17)9-21-16/h2-9H,1H3,(H2,18,19). The maximum atomic E-state index is 12.9. The molecule has 2 N–H and O–H groups in total. The van der Waals surface area contributed by atoms with Crippen LogP contribution < -0.4 is 5.73 Å². The Morgan fingerprint density at radius 3 is 2.24 bits per heavy atom. The largest absolute Gasteiger partial charge is 0.383 e. The molecule has 4 nitrogen and oxygen atoms in total. The molecule has 1 aromatic carbocycles. The van der Waals surface area contributed by atoms with Gasteiger partial charge >= 0.3 is 0 Å². The van der Waals surface area contributed by atoms with Gasteiger partial charge < -0.3 is 5.73 Å². The van der Waals surface area contributed by atoms with Crippen LogP contribution in [0.15, 0.2) is 48.9 Å². The lowest BCUT2D eigenvalue weighted by Crippen LogP contribution is -1.98. The summed E-state index contributed by atoms with van der Waals surface area (Å²) in [4.78, 5) is 12.1. The van der Waals surface area contributed by atoms with E-state index in [1.807, 2.05) is 37.3 Å². The minimum atomic E-state index is -0.486. The number of pyridine rings is 1. The number of nitrogens with zero attached hydrogens (tertiary/aromatic N) is 3. The van der Waals surface area contributed by atoms with Crippen molar-refractivity contribution in [3.8, 4) is 22.5 Å². The summed E-state index contributed by atoms with van der Waals surface area (Å²) in [6.45, 7) is 2.03. The molecule has 0 fully saturated rings. The van der Waals surface area contributed by atoms with E-state index in [0.29, 0.717) is 17.2 Å². The van der Waals surface area contributed by atoms with Crippen molar-refractivity contribution in [1.29, 1.82) is 0 Å². The number of anilines is 1. The third-order valence-electron chi connectivity index (χ3n) is 3.16. The molecule has 0 saturated carbocycles. The summed E-state index contributed by atoms with van der Waals surface area (Å²) < 4.78 is 12.9. The Balaban J connectivity index is 2.07. The van der Waals surface area contributed by atoms with Crippen molar-refractivity contribution in [3.63, 3.8) is 0 Å². The second kappa shape index (κ2) is 5.28. The van der Waals surface area contributed by atoms with Crippen LogP contribution >= 0.6 is 0 Å². The quantitative estimate of drug-likeness (QED) is 0.782. The van der Waals surface area contributed by atoms with E-state index in [1.54, 1.807) is 6.20 Å². The number of rotatable bonds is 2. The highest BCUT2D eigenvalue weighted by molar-refractivity contribution is 5.75. The highest BCUT2D eigenvalue weighted by Gasteiger charge is 2.09. The number of aryl methyl sites for hydroxylation is 1. The maximum absolute atomic E-state index is 12.9. The van der Waals surface area contributed by atoms with Crippen LogP contribution in [0.2, 0.25) is 0 Å². The van der Waals surface area contributed by atoms with Crippen molar-refractivity contribution < 1.29 is 4.39 Å². The van der Waals surface area contributed by atoms with Gasteiger partial charge in [-0.05, 0) is 18.6 Å². The van der Waals surface area contributed by atoms with Crippen molar-refractivity contribution in [3.05, 3.63) is 60.3 Å². The van der Waals surface area contributed by atoms with Crippen LogP contribution in [0.1, 0.15) is 5.56 Å². The Kier molecular flexibility index (Phi) is 3.31. The van der Waals surface area contributed by atoms with Crippen molar-refractivity contribution in [1.82, 2.24) is 15.0 Å². The molecule has 21 heavy (non-hydrogen) atoms. The van der Waals surface area contributed by atoms with Gasteiger partial charge in [0.25, 0.3) is 0 Å². The minimum Gasteiger partial charge on any atom is -0.383 e. The molecule has 2 aromatic heterocycles. The van der Waals surface area contributed by atoms with E-state index in [9.17, 15) is 4.39 Å². The number of hydrogen-bond donors (Lipinski definition) is 1. The summed E-state index contributed by atoms with van der Waals surface area (Å²) in [6, 6.07) is 9.94. The Morgan fingerprint density at radius 2 is 1.57 bits per heavy atom. The van der Waals surface area contributed by atoms with Gasteiger partial charge in [-0.1, -0.05) is 29.8 Å². The molecular formula is C16H13FN4. The molecule has 3 rings (SSSR count). The topological polar surface area (TPSA) is 64.7 Å². The van der Waals surface area contributed by atoms with Gasteiger partial charge in [0, 0.05) is 11.8 Å². The van der Waals surface area contributed by atoms with E-state index in [2.05, 4.69) is 15.0 Å². The number of benzene rings is 1. The second-order valence-corrected chi connectivity index (χ2v) is 4.75. The van der Waals surface area contributed by atoms with Gasteiger partial charge in [-0.2, -0.15) is 0 Å². The first kappa shape index (κ1) is 13.2. The molecular weight excluding hydrogens is 267 g/mol. The third-order valence-corrected chi connectivity index (χ3v) is 3.16. The second-order valence-electron chi connectivity index (χ2n) is 4.75. The number of nitrogens with two attached hydrogens (primary N) is 1. The zero-order valence-electron chi connectivity index (χ0n) is 11.4. The predicted molar refractivity (Wildman–Crippen MR) is 79.8 cm³/mol. The first-order chi connectivity index (χ1) is 10.1. The van der Waals surface area contributed by atoms with Gasteiger partial charge in [-0.3, -0.25) is 0 Å². The van der Waals surface area contributed by atoms with Gasteiger partial charge in [0.05, 0.1) is 18.0 Å². The van der Waals surface area contributed by atoms with Crippen molar-refractivity contribution in [2.24, 2.45) is 0 Å². The van der Waals surface area contributed by atoms with Gasteiger partial charge in [0.15, 0.2) is 11.6 Å². The number of nitrogen functional groups attached to an aromatic ring is 1. The Labute approximate surface area is 121 Å². The lowest BCUT2D eigenvalue weighted by molar-refractivity contribution is 0.614. The number of aromatic nitrogens is 3. The van der Waals surface area contributed by atoms with Crippen molar-refractivity contribution in [2.45, 2.75) is 6.92 Å². The van der Waals surface area contributed by atoms with Gasteiger partial charge in [-0.25, -0.2) is 19.3 Å². The van der Waals surface area contributed by atoms with Crippen LogP contribution in [0.3, 0.4) is 0 Å². The highest BCUT2D eigenvalue weighted by atomic mass is 19.1. The van der Waals surface area contributed by atoms with Gasteiger partial charge in [-0.15, -0.1) is 0 Å². The average molecular weight is 280 g/mol. The molecule has 5 heteroatoms. The third kappa shape index (κ3) is 2.72. The van der Waals surface area contributed by atoms with E-state index in [1.165, 1.54) is 5.56 Å². The molecule has 0 saturated heterocycles. The molecule has 0 spiro atoms. The Bertz CT molecular complexity index is 767.